The Kier molecular flexibility index (Phi) is 5.19. The second kappa shape index (κ2) is 6.92. The monoisotopic (exact) mass is 304 g/mol. The Hall–Kier alpha value is -1.88. The zero-order valence-corrected chi connectivity index (χ0v) is 13.3. The van der Waals surface area contributed by atoms with Crippen LogP contribution in [0.5, 0.6) is 0 Å². The van der Waals surface area contributed by atoms with Gasteiger partial charge in [-0.15, -0.1) is 0 Å². The predicted octanol–water partition coefficient (Wildman–Crippen LogP) is 1.74. The van der Waals surface area contributed by atoms with Crippen molar-refractivity contribution >= 4 is 11.8 Å². The van der Waals surface area contributed by atoms with Crippen LogP contribution in [0.4, 0.5) is 0 Å². The van der Waals surface area contributed by atoms with Gasteiger partial charge in [-0.25, -0.2) is 0 Å². The van der Waals surface area contributed by atoms with Crippen LogP contribution in [0.3, 0.4) is 0 Å². The number of rotatable bonds is 5. The van der Waals surface area contributed by atoms with Crippen LogP contribution in [0.15, 0.2) is 24.3 Å². The van der Waals surface area contributed by atoms with Crippen LogP contribution >= 0.6 is 0 Å². The summed E-state index contributed by atoms with van der Waals surface area (Å²) in [5.74, 6) is -0.377. The van der Waals surface area contributed by atoms with Gasteiger partial charge in [-0.05, 0) is 38.3 Å². The topological polar surface area (TPSA) is 72.6 Å². The maximum Gasteiger partial charge on any atom is 0.253 e. The van der Waals surface area contributed by atoms with E-state index in [-0.39, 0.29) is 11.8 Å². The van der Waals surface area contributed by atoms with E-state index in [1.54, 1.807) is 12.0 Å². The highest BCUT2D eigenvalue weighted by Crippen LogP contribution is 2.34. The van der Waals surface area contributed by atoms with Crippen LogP contribution in [-0.4, -0.2) is 43.5 Å². The molecule has 1 saturated heterocycles. The third-order valence-electron chi connectivity index (χ3n) is 4.44. The van der Waals surface area contributed by atoms with E-state index in [1.807, 2.05) is 31.2 Å². The molecule has 1 aliphatic rings. The number of hydrogen-bond acceptors (Lipinski definition) is 3. The number of nitrogens with two attached hydrogens (primary N) is 1. The lowest BCUT2D eigenvalue weighted by Gasteiger charge is -2.40. The maximum atomic E-state index is 12.7. The number of piperidine rings is 1. The Bertz CT molecular complexity index is 559. The average Bonchev–Trinajstić information content (AvgIpc) is 2.52. The molecule has 2 N–H and O–H groups in total. The Morgan fingerprint density at radius 2 is 2.18 bits per heavy atom. The van der Waals surface area contributed by atoms with E-state index in [0.29, 0.717) is 38.1 Å². The lowest BCUT2D eigenvalue weighted by atomic mass is 9.76. The van der Waals surface area contributed by atoms with Crippen molar-refractivity contribution in [3.63, 3.8) is 0 Å². The molecule has 5 nitrogen and oxygen atoms in total. The lowest BCUT2D eigenvalue weighted by Crippen LogP contribution is -2.52. The van der Waals surface area contributed by atoms with Gasteiger partial charge in [-0.2, -0.15) is 0 Å². The minimum atomic E-state index is -0.673. The molecule has 2 amide bonds. The van der Waals surface area contributed by atoms with Crippen molar-refractivity contribution in [1.82, 2.24) is 4.90 Å². The highest BCUT2D eigenvalue weighted by molar-refractivity contribution is 5.95. The molecule has 1 aliphatic heterocycles. The van der Waals surface area contributed by atoms with E-state index in [0.717, 1.165) is 12.0 Å². The molecule has 0 bridgehead atoms. The van der Waals surface area contributed by atoms with Crippen LogP contribution in [0.25, 0.3) is 0 Å². The highest BCUT2D eigenvalue weighted by Gasteiger charge is 2.41. The second-order valence-electron chi connectivity index (χ2n) is 6.09. The molecule has 1 fully saturated rings. The van der Waals surface area contributed by atoms with Gasteiger partial charge in [0.15, 0.2) is 0 Å². The van der Waals surface area contributed by atoms with E-state index in [1.165, 1.54) is 0 Å². The first-order valence-electron chi connectivity index (χ1n) is 7.63. The minimum absolute atomic E-state index is 0.0357. The molecule has 0 saturated carbocycles. The summed E-state index contributed by atoms with van der Waals surface area (Å²) in [4.78, 5) is 26.4. The van der Waals surface area contributed by atoms with E-state index in [2.05, 4.69) is 0 Å². The molecule has 22 heavy (non-hydrogen) atoms. The molecule has 0 spiro atoms. The number of hydrogen-bond donors (Lipinski definition) is 1. The number of benzene rings is 1. The summed E-state index contributed by atoms with van der Waals surface area (Å²) in [5.41, 5.74) is 6.67. The number of primary amides is 1. The van der Waals surface area contributed by atoms with Gasteiger partial charge < -0.3 is 15.4 Å². The van der Waals surface area contributed by atoms with Gasteiger partial charge in [0.05, 0.1) is 5.41 Å². The van der Waals surface area contributed by atoms with E-state index >= 15 is 0 Å². The number of carbonyl (C=O) groups is 2. The molecule has 0 aliphatic carbocycles. The molecular weight excluding hydrogens is 280 g/mol. The molecule has 1 atom stereocenters. The summed E-state index contributed by atoms with van der Waals surface area (Å²) < 4.78 is 5.10. The van der Waals surface area contributed by atoms with Gasteiger partial charge in [0.25, 0.3) is 5.91 Å². The summed E-state index contributed by atoms with van der Waals surface area (Å²) >= 11 is 0. The number of nitrogens with zero attached hydrogens (tertiary/aromatic N) is 1. The van der Waals surface area contributed by atoms with Crippen LogP contribution in [0, 0.1) is 12.3 Å². The molecule has 0 radical (unpaired) electrons. The van der Waals surface area contributed by atoms with E-state index < -0.39 is 5.41 Å². The van der Waals surface area contributed by atoms with Crippen LogP contribution < -0.4 is 5.73 Å². The van der Waals surface area contributed by atoms with Gasteiger partial charge in [0.2, 0.25) is 5.91 Å². The Labute approximate surface area is 131 Å². The lowest BCUT2D eigenvalue weighted by molar-refractivity contribution is -0.131. The summed E-state index contributed by atoms with van der Waals surface area (Å²) in [7, 11) is 1.60. The molecule has 120 valence electrons. The zero-order valence-electron chi connectivity index (χ0n) is 13.3. The van der Waals surface area contributed by atoms with Crippen molar-refractivity contribution < 1.29 is 14.3 Å². The smallest absolute Gasteiger partial charge is 0.253 e. The molecule has 2 rings (SSSR count). The quantitative estimate of drug-likeness (QED) is 0.900. The minimum Gasteiger partial charge on any atom is -0.385 e. The molecule has 1 aromatic carbocycles. The molecule has 1 heterocycles. The Morgan fingerprint density at radius 1 is 1.41 bits per heavy atom. The van der Waals surface area contributed by atoms with Crippen LogP contribution in [0.1, 0.15) is 35.2 Å². The van der Waals surface area contributed by atoms with Crippen LogP contribution in [0.2, 0.25) is 0 Å². The van der Waals surface area contributed by atoms with E-state index in [9.17, 15) is 9.59 Å². The summed E-state index contributed by atoms with van der Waals surface area (Å²) in [6.07, 6.45) is 2.05. The van der Waals surface area contributed by atoms with Gasteiger partial charge in [-0.3, -0.25) is 9.59 Å². The largest absolute Gasteiger partial charge is 0.385 e. The number of ether oxygens (including phenoxy) is 1. The van der Waals surface area contributed by atoms with Crippen molar-refractivity contribution in [2.75, 3.05) is 26.8 Å². The number of carbonyl (C=O) groups excluding carboxylic acids is 2. The molecular formula is C17H24N2O3. The summed E-state index contributed by atoms with van der Waals surface area (Å²) in [6.45, 7) is 3.46. The first-order chi connectivity index (χ1) is 10.5. The van der Waals surface area contributed by atoms with Gasteiger partial charge in [0.1, 0.15) is 0 Å². The normalized spacial score (nSPS) is 21.6. The van der Waals surface area contributed by atoms with Gasteiger partial charge in [0, 0.05) is 32.4 Å². The Balaban J connectivity index is 2.18. The van der Waals surface area contributed by atoms with Crippen molar-refractivity contribution in [1.29, 1.82) is 0 Å². The van der Waals surface area contributed by atoms with Crippen molar-refractivity contribution in [2.24, 2.45) is 11.1 Å². The van der Waals surface area contributed by atoms with Crippen molar-refractivity contribution in [3.8, 4) is 0 Å². The first-order valence-corrected chi connectivity index (χ1v) is 7.63. The number of aryl methyl sites for hydroxylation is 1. The molecule has 1 aromatic rings. The number of methoxy groups -OCH3 is 1. The molecule has 1 unspecified atom stereocenters. The van der Waals surface area contributed by atoms with Gasteiger partial charge in [-0.1, -0.05) is 17.7 Å². The van der Waals surface area contributed by atoms with Crippen molar-refractivity contribution in [2.45, 2.75) is 26.2 Å². The van der Waals surface area contributed by atoms with Gasteiger partial charge >= 0.3 is 0 Å². The standard InChI is InChI=1S/C17H24N2O3/c1-13-5-3-6-14(11-13)15(20)19-9-4-7-17(12-19,16(18)21)8-10-22-2/h3,5-6,11H,4,7-10,12H2,1-2H3,(H2,18,21). The molecule has 0 aromatic heterocycles. The average molecular weight is 304 g/mol. The first kappa shape index (κ1) is 16.5. The summed E-state index contributed by atoms with van der Waals surface area (Å²) in [5, 5.41) is 0. The highest BCUT2D eigenvalue weighted by atomic mass is 16.5. The van der Waals surface area contributed by atoms with Crippen LogP contribution in [-0.2, 0) is 9.53 Å². The zero-order chi connectivity index (χ0) is 16.2. The second-order valence-corrected chi connectivity index (χ2v) is 6.09. The SMILES string of the molecule is COCCC1(C(N)=O)CCCN(C(=O)c2cccc(C)c2)C1. The third-order valence-corrected chi connectivity index (χ3v) is 4.44. The fraction of sp³-hybridized carbons (Fsp3) is 0.529. The third kappa shape index (κ3) is 3.47. The fourth-order valence-electron chi connectivity index (χ4n) is 3.09. The number of amides is 2. The Morgan fingerprint density at radius 3 is 2.82 bits per heavy atom. The predicted molar refractivity (Wildman–Crippen MR) is 84.4 cm³/mol. The number of likely N-dealkylation sites (tertiary alicyclic amines) is 1. The maximum absolute atomic E-state index is 12.7. The van der Waals surface area contributed by atoms with Crippen molar-refractivity contribution in [3.05, 3.63) is 35.4 Å². The fourth-order valence-corrected chi connectivity index (χ4v) is 3.09. The summed E-state index contributed by atoms with van der Waals surface area (Å²) in [6, 6.07) is 7.52. The van der Waals surface area contributed by atoms with E-state index in [4.69, 9.17) is 10.5 Å². The molecule has 5 heteroatoms.